The minimum Gasteiger partial charge on any atom is -0.224 e. The van der Waals surface area contributed by atoms with E-state index in [9.17, 15) is 8.42 Å². The number of benzene rings is 1. The Morgan fingerprint density at radius 1 is 1.04 bits per heavy atom. The van der Waals surface area contributed by atoms with Crippen LogP contribution >= 0.6 is 11.3 Å². The van der Waals surface area contributed by atoms with Gasteiger partial charge in [-0.25, -0.2) is 8.42 Å². The van der Waals surface area contributed by atoms with Crippen molar-refractivity contribution in [3.05, 3.63) is 51.7 Å². The van der Waals surface area contributed by atoms with E-state index < -0.39 is 9.84 Å². The van der Waals surface area contributed by atoms with E-state index in [1.54, 1.807) is 12.1 Å². The fourth-order valence-corrected chi connectivity index (χ4v) is 5.16. The van der Waals surface area contributed by atoms with Gasteiger partial charge in [0, 0.05) is 11.1 Å². The molecule has 2 aromatic rings. The first-order valence-electron chi connectivity index (χ1n) is 7.94. The second-order valence-corrected chi connectivity index (χ2v) is 10.0. The summed E-state index contributed by atoms with van der Waals surface area (Å²) in [4.78, 5) is 1.78. The molecule has 0 bridgehead atoms. The molecule has 120 valence electrons. The topological polar surface area (TPSA) is 34.1 Å². The van der Waals surface area contributed by atoms with Gasteiger partial charge in [-0.05, 0) is 83.9 Å². The van der Waals surface area contributed by atoms with Crippen molar-refractivity contribution in [2.24, 2.45) is 5.41 Å². The van der Waals surface area contributed by atoms with E-state index in [1.807, 2.05) is 23.5 Å². The van der Waals surface area contributed by atoms with Gasteiger partial charge in [0.1, 0.15) is 0 Å². The summed E-state index contributed by atoms with van der Waals surface area (Å²) in [6.45, 7) is 2.14. The number of allylic oxidation sites excluding steroid dienone is 2. The lowest BCUT2D eigenvalue weighted by Gasteiger charge is -2.08. The van der Waals surface area contributed by atoms with Crippen molar-refractivity contribution in [1.29, 1.82) is 0 Å². The molecule has 0 unspecified atom stereocenters. The summed E-state index contributed by atoms with van der Waals surface area (Å²) in [5.74, 6) is 0. The minimum absolute atomic E-state index is 0.398. The Morgan fingerprint density at radius 2 is 1.70 bits per heavy atom. The van der Waals surface area contributed by atoms with Crippen molar-refractivity contribution >= 4 is 32.3 Å². The Hall–Kier alpha value is -1.39. The number of hydrogen-bond acceptors (Lipinski definition) is 3. The summed E-state index contributed by atoms with van der Waals surface area (Å²) in [6, 6.07) is 9.73. The van der Waals surface area contributed by atoms with Crippen LogP contribution < -0.4 is 0 Å². The highest BCUT2D eigenvalue weighted by Crippen LogP contribution is 2.63. The summed E-state index contributed by atoms with van der Waals surface area (Å²) >= 11 is 1.83. The predicted molar refractivity (Wildman–Crippen MR) is 96.3 cm³/mol. The normalized spacial score (nSPS) is 19.6. The van der Waals surface area contributed by atoms with Gasteiger partial charge in [0.15, 0.2) is 9.84 Å². The van der Waals surface area contributed by atoms with Crippen LogP contribution in [0, 0.1) is 12.3 Å². The smallest absolute Gasteiger partial charge is 0.175 e. The molecule has 1 aromatic carbocycles. The molecule has 2 nitrogen and oxygen atoms in total. The molecule has 23 heavy (non-hydrogen) atoms. The molecule has 2 aliphatic rings. The molecule has 2 aliphatic carbocycles. The van der Waals surface area contributed by atoms with E-state index in [0.29, 0.717) is 10.3 Å². The third-order valence-electron chi connectivity index (χ3n) is 5.08. The summed E-state index contributed by atoms with van der Waals surface area (Å²) < 4.78 is 23.3. The minimum atomic E-state index is -3.13. The maximum atomic E-state index is 11.7. The van der Waals surface area contributed by atoms with Crippen LogP contribution in [-0.4, -0.2) is 14.7 Å². The van der Waals surface area contributed by atoms with Gasteiger partial charge in [-0.3, -0.25) is 0 Å². The molecular weight excluding hydrogens is 324 g/mol. The van der Waals surface area contributed by atoms with Crippen LogP contribution in [0.2, 0.25) is 0 Å². The van der Waals surface area contributed by atoms with Gasteiger partial charge in [0.05, 0.1) is 4.90 Å². The number of hydrogen-bond donors (Lipinski definition) is 0. The zero-order valence-corrected chi connectivity index (χ0v) is 15.1. The second-order valence-electron chi connectivity index (χ2n) is 7.10. The SMILES string of the molecule is Cc1csc(C2=C(c3ccc(S(C)(=O)=O)cc3)CC3(CC3)C2)c1. The summed E-state index contributed by atoms with van der Waals surface area (Å²) in [5, 5.41) is 2.21. The highest BCUT2D eigenvalue weighted by Gasteiger charge is 2.48. The number of sulfone groups is 1. The largest absolute Gasteiger partial charge is 0.224 e. The highest BCUT2D eigenvalue weighted by molar-refractivity contribution is 7.90. The van der Waals surface area contributed by atoms with Crippen LogP contribution in [0.25, 0.3) is 11.1 Å². The molecule has 1 spiro atoms. The first-order chi connectivity index (χ1) is 10.9. The molecule has 0 radical (unpaired) electrons. The molecule has 0 aliphatic heterocycles. The Bertz CT molecular complexity index is 895. The van der Waals surface area contributed by atoms with Gasteiger partial charge >= 0.3 is 0 Å². The molecule has 1 heterocycles. The first kappa shape index (κ1) is 15.2. The van der Waals surface area contributed by atoms with Gasteiger partial charge in [0.25, 0.3) is 0 Å². The Morgan fingerprint density at radius 3 is 2.22 bits per heavy atom. The van der Waals surface area contributed by atoms with Gasteiger partial charge < -0.3 is 0 Å². The Balaban J connectivity index is 1.77. The van der Waals surface area contributed by atoms with Crippen LogP contribution in [0.1, 0.15) is 41.7 Å². The van der Waals surface area contributed by atoms with Crippen molar-refractivity contribution in [2.45, 2.75) is 37.5 Å². The van der Waals surface area contributed by atoms with Gasteiger partial charge in [-0.15, -0.1) is 11.3 Å². The van der Waals surface area contributed by atoms with Crippen molar-refractivity contribution in [1.82, 2.24) is 0 Å². The molecule has 0 N–H and O–H groups in total. The zero-order valence-electron chi connectivity index (χ0n) is 13.4. The van der Waals surface area contributed by atoms with E-state index in [2.05, 4.69) is 18.4 Å². The maximum absolute atomic E-state index is 11.7. The molecular formula is C19H20O2S2. The van der Waals surface area contributed by atoms with E-state index in [4.69, 9.17) is 0 Å². The lowest BCUT2D eigenvalue weighted by atomic mass is 9.99. The average molecular weight is 345 g/mol. The summed E-state index contributed by atoms with van der Waals surface area (Å²) in [5.41, 5.74) is 5.90. The Labute approximate surface area is 141 Å². The third kappa shape index (κ3) is 2.79. The molecule has 0 amide bonds. The van der Waals surface area contributed by atoms with E-state index in [1.165, 1.54) is 52.7 Å². The number of rotatable bonds is 3. The molecule has 4 rings (SSSR count). The molecule has 4 heteroatoms. The van der Waals surface area contributed by atoms with Crippen LogP contribution in [-0.2, 0) is 9.84 Å². The first-order valence-corrected chi connectivity index (χ1v) is 10.7. The van der Waals surface area contributed by atoms with Crippen LogP contribution in [0.4, 0.5) is 0 Å². The maximum Gasteiger partial charge on any atom is 0.175 e. The monoisotopic (exact) mass is 344 g/mol. The summed E-state index contributed by atoms with van der Waals surface area (Å²) in [6.07, 6.45) is 6.22. The number of thiophene rings is 1. The molecule has 1 fully saturated rings. The van der Waals surface area contributed by atoms with E-state index >= 15 is 0 Å². The quantitative estimate of drug-likeness (QED) is 0.790. The van der Waals surface area contributed by atoms with Crippen molar-refractivity contribution in [2.75, 3.05) is 6.26 Å². The highest BCUT2D eigenvalue weighted by atomic mass is 32.2. The standard InChI is InChI=1S/C19H20O2S2/c1-13-9-18(22-12-13)17-11-19(7-8-19)10-16(17)14-3-5-15(6-4-14)23(2,20)21/h3-6,9,12H,7-8,10-11H2,1-2H3. The van der Waals surface area contributed by atoms with Crippen LogP contribution in [0.5, 0.6) is 0 Å². The third-order valence-corrected chi connectivity index (χ3v) is 7.32. The molecule has 1 saturated carbocycles. The van der Waals surface area contributed by atoms with Gasteiger partial charge in [-0.1, -0.05) is 12.1 Å². The van der Waals surface area contributed by atoms with Crippen molar-refractivity contribution in [3.8, 4) is 0 Å². The van der Waals surface area contributed by atoms with Crippen LogP contribution in [0.3, 0.4) is 0 Å². The fraction of sp³-hybridized carbons (Fsp3) is 0.368. The van der Waals surface area contributed by atoms with E-state index in [-0.39, 0.29) is 0 Å². The van der Waals surface area contributed by atoms with Crippen molar-refractivity contribution in [3.63, 3.8) is 0 Å². The van der Waals surface area contributed by atoms with Crippen LogP contribution in [0.15, 0.2) is 40.6 Å². The predicted octanol–water partition coefficient (Wildman–Crippen LogP) is 4.94. The zero-order chi connectivity index (χ0) is 16.2. The molecule has 0 atom stereocenters. The summed E-state index contributed by atoms with van der Waals surface area (Å²) in [7, 11) is -3.13. The van der Waals surface area contributed by atoms with E-state index in [0.717, 1.165) is 6.42 Å². The second kappa shape index (κ2) is 5.05. The fourth-order valence-electron chi connectivity index (χ4n) is 3.56. The van der Waals surface area contributed by atoms with Gasteiger partial charge in [-0.2, -0.15) is 0 Å². The Kier molecular flexibility index (Phi) is 3.33. The lowest BCUT2D eigenvalue weighted by Crippen LogP contribution is -1.97. The van der Waals surface area contributed by atoms with Gasteiger partial charge in [0.2, 0.25) is 0 Å². The number of aryl methyl sites for hydroxylation is 1. The van der Waals surface area contributed by atoms with Crippen molar-refractivity contribution < 1.29 is 8.42 Å². The molecule has 1 aromatic heterocycles. The average Bonchev–Trinajstić information content (AvgIpc) is 2.93. The molecule has 0 saturated heterocycles. The lowest BCUT2D eigenvalue weighted by molar-refractivity contribution is 0.568.